The van der Waals surface area contributed by atoms with Crippen LogP contribution in [0.3, 0.4) is 0 Å². The molecule has 25 heavy (non-hydrogen) atoms. The van der Waals surface area contributed by atoms with Crippen LogP contribution in [0.2, 0.25) is 0 Å². The van der Waals surface area contributed by atoms with Crippen molar-refractivity contribution in [3.63, 3.8) is 0 Å². The summed E-state index contributed by atoms with van der Waals surface area (Å²) in [6, 6.07) is 3.36. The third-order valence-electron chi connectivity index (χ3n) is 6.26. The van der Waals surface area contributed by atoms with E-state index in [-0.39, 0.29) is 29.9 Å². The first-order chi connectivity index (χ1) is 12.0. The van der Waals surface area contributed by atoms with Crippen molar-refractivity contribution in [3.8, 4) is 5.75 Å². The molecule has 1 aromatic carbocycles. The minimum absolute atomic E-state index is 0.103. The fraction of sp³-hybridized carbons (Fsp3) is 0.611. The molecular formula is C18H20NO6-. The topological polar surface area (TPSA) is 102 Å². The maximum Gasteiger partial charge on any atom is 0.311 e. The van der Waals surface area contributed by atoms with Gasteiger partial charge in [-0.3, -0.25) is 10.1 Å². The molecule has 7 nitrogen and oxygen atoms in total. The monoisotopic (exact) mass is 346 g/mol. The molecule has 134 valence electrons. The van der Waals surface area contributed by atoms with Crippen LogP contribution in [0.4, 0.5) is 5.69 Å². The molecule has 3 aliphatic carbocycles. The summed E-state index contributed by atoms with van der Waals surface area (Å²) in [4.78, 5) is 21.4. The van der Waals surface area contributed by atoms with Crippen LogP contribution in [0, 0.1) is 33.8 Å². The van der Waals surface area contributed by atoms with Crippen LogP contribution < -0.4 is 9.84 Å². The molecular weight excluding hydrogens is 326 g/mol. The fourth-order valence-electron chi connectivity index (χ4n) is 5.29. The van der Waals surface area contributed by atoms with E-state index in [1.165, 1.54) is 25.7 Å². The van der Waals surface area contributed by atoms with Crippen molar-refractivity contribution in [1.82, 2.24) is 0 Å². The molecule has 3 fully saturated rings. The van der Waals surface area contributed by atoms with Crippen LogP contribution in [0.25, 0.3) is 0 Å². The number of ether oxygens (including phenoxy) is 2. The molecule has 0 heterocycles. The van der Waals surface area contributed by atoms with Crippen molar-refractivity contribution in [1.29, 1.82) is 0 Å². The summed E-state index contributed by atoms with van der Waals surface area (Å²) >= 11 is 0. The lowest BCUT2D eigenvalue weighted by Gasteiger charge is -2.31. The van der Waals surface area contributed by atoms with Gasteiger partial charge in [0.25, 0.3) is 0 Å². The molecule has 0 amide bonds. The van der Waals surface area contributed by atoms with E-state index in [4.69, 9.17) is 9.47 Å². The van der Waals surface area contributed by atoms with E-state index in [9.17, 15) is 20.0 Å². The van der Waals surface area contributed by atoms with Crippen LogP contribution >= 0.6 is 0 Å². The Hall–Kier alpha value is -2.15. The van der Waals surface area contributed by atoms with Crippen molar-refractivity contribution in [2.24, 2.45) is 23.7 Å². The van der Waals surface area contributed by atoms with Crippen molar-refractivity contribution >= 4 is 11.7 Å². The number of nitro benzene ring substituents is 1. The first-order valence-electron chi connectivity index (χ1n) is 8.79. The number of rotatable bonds is 6. The second-order valence-electron chi connectivity index (χ2n) is 7.35. The van der Waals surface area contributed by atoms with Gasteiger partial charge in [0.1, 0.15) is 0 Å². The number of nitro groups is 1. The lowest BCUT2D eigenvalue weighted by atomic mass is 9.80. The zero-order valence-electron chi connectivity index (χ0n) is 13.8. The number of carbonyl (C=O) groups excluding carboxylic acids is 1. The molecule has 3 saturated carbocycles. The Kier molecular flexibility index (Phi) is 4.11. The predicted molar refractivity (Wildman–Crippen MR) is 84.8 cm³/mol. The summed E-state index contributed by atoms with van der Waals surface area (Å²) in [5.41, 5.74) is -0.438. The van der Waals surface area contributed by atoms with Gasteiger partial charge in [-0.1, -0.05) is 6.42 Å². The smallest absolute Gasteiger partial charge is 0.311 e. The van der Waals surface area contributed by atoms with Gasteiger partial charge in [-0.2, -0.15) is 0 Å². The number of carboxylic acids is 1. The third-order valence-corrected chi connectivity index (χ3v) is 6.26. The molecule has 3 aliphatic rings. The third kappa shape index (κ3) is 2.86. The van der Waals surface area contributed by atoms with Gasteiger partial charge >= 0.3 is 5.69 Å². The van der Waals surface area contributed by atoms with Crippen molar-refractivity contribution in [3.05, 3.63) is 33.9 Å². The number of benzene rings is 1. The zero-order valence-corrected chi connectivity index (χ0v) is 13.8. The molecule has 0 aliphatic heterocycles. The Bertz CT molecular complexity index is 705. The van der Waals surface area contributed by atoms with Crippen molar-refractivity contribution in [2.75, 3.05) is 6.79 Å². The van der Waals surface area contributed by atoms with E-state index in [0.29, 0.717) is 5.92 Å². The number of fused-ring (bicyclic) bond motifs is 5. The number of carbonyl (C=O) groups is 1. The van der Waals surface area contributed by atoms with Gasteiger partial charge in [-0.25, -0.2) is 0 Å². The second kappa shape index (κ2) is 6.29. The zero-order chi connectivity index (χ0) is 17.6. The van der Waals surface area contributed by atoms with Crippen molar-refractivity contribution < 1.29 is 24.3 Å². The summed E-state index contributed by atoms with van der Waals surface area (Å²) in [7, 11) is 0. The van der Waals surface area contributed by atoms with Crippen LogP contribution in [-0.2, 0) is 4.74 Å². The van der Waals surface area contributed by atoms with Crippen LogP contribution in [0.5, 0.6) is 5.75 Å². The lowest BCUT2D eigenvalue weighted by molar-refractivity contribution is -0.386. The summed E-state index contributed by atoms with van der Waals surface area (Å²) in [6.45, 7) is -0.109. The van der Waals surface area contributed by atoms with Crippen molar-refractivity contribution in [2.45, 2.75) is 38.2 Å². The van der Waals surface area contributed by atoms with E-state index in [1.54, 1.807) is 0 Å². The first kappa shape index (κ1) is 16.3. The van der Waals surface area contributed by atoms with E-state index in [0.717, 1.165) is 42.4 Å². The number of hydrogen-bond acceptors (Lipinski definition) is 6. The molecule has 0 saturated heterocycles. The Morgan fingerprint density at radius 1 is 1.20 bits per heavy atom. The quantitative estimate of drug-likeness (QED) is 0.444. The predicted octanol–water partition coefficient (Wildman–Crippen LogP) is 2.14. The van der Waals surface area contributed by atoms with Gasteiger partial charge < -0.3 is 19.4 Å². The lowest BCUT2D eigenvalue weighted by Crippen LogP contribution is -2.31. The SMILES string of the molecule is O=C([O-])c1ccc([N+](=O)[O-])c(OCOC2CC3CC2C2CCCC32)c1. The minimum atomic E-state index is -1.40. The van der Waals surface area contributed by atoms with E-state index >= 15 is 0 Å². The highest BCUT2D eigenvalue weighted by molar-refractivity contribution is 5.87. The average Bonchev–Trinajstić information content (AvgIpc) is 3.27. The highest BCUT2D eigenvalue weighted by Gasteiger charge is 2.54. The van der Waals surface area contributed by atoms with Gasteiger partial charge in [0.2, 0.25) is 5.75 Å². The van der Waals surface area contributed by atoms with Gasteiger partial charge in [0.15, 0.2) is 6.79 Å². The Balaban J connectivity index is 1.39. The molecule has 7 heteroatoms. The summed E-state index contributed by atoms with van der Waals surface area (Å²) in [6.07, 6.45) is 6.35. The molecule has 5 atom stereocenters. The largest absolute Gasteiger partial charge is 0.545 e. The maximum atomic E-state index is 11.1. The number of nitrogens with zero attached hydrogens (tertiary/aromatic N) is 1. The van der Waals surface area contributed by atoms with Gasteiger partial charge in [0.05, 0.1) is 17.0 Å². The van der Waals surface area contributed by atoms with Crippen LogP contribution in [0.1, 0.15) is 42.5 Å². The Labute approximate surface area is 145 Å². The summed E-state index contributed by atoms with van der Waals surface area (Å²) < 4.78 is 11.3. The van der Waals surface area contributed by atoms with Gasteiger partial charge in [-0.15, -0.1) is 0 Å². The highest BCUT2D eigenvalue weighted by atomic mass is 16.7. The molecule has 5 unspecified atom stereocenters. The van der Waals surface area contributed by atoms with E-state index in [1.807, 2.05) is 0 Å². The maximum absolute atomic E-state index is 11.1. The van der Waals surface area contributed by atoms with Crippen LogP contribution in [0.15, 0.2) is 18.2 Å². The number of hydrogen-bond donors (Lipinski definition) is 0. The molecule has 1 aromatic rings. The fourth-order valence-corrected chi connectivity index (χ4v) is 5.29. The standard InChI is InChI=1S/C18H21NO6/c20-18(21)10-4-5-15(19(22)23)17(7-10)25-9-24-16-8-11-6-14(16)13-3-1-2-12(11)13/h4-5,7,11-14,16H,1-3,6,8-9H2,(H,20,21)/p-1. The van der Waals surface area contributed by atoms with Gasteiger partial charge in [-0.05, 0) is 61.5 Å². The minimum Gasteiger partial charge on any atom is -0.545 e. The highest BCUT2D eigenvalue weighted by Crippen LogP contribution is 2.59. The molecule has 4 rings (SSSR count). The van der Waals surface area contributed by atoms with E-state index in [2.05, 4.69) is 0 Å². The van der Waals surface area contributed by atoms with E-state index < -0.39 is 10.9 Å². The molecule has 2 bridgehead atoms. The molecule has 0 radical (unpaired) electrons. The summed E-state index contributed by atoms with van der Waals surface area (Å²) in [5, 5.41) is 22.0. The van der Waals surface area contributed by atoms with Gasteiger partial charge in [0, 0.05) is 11.6 Å². The summed E-state index contributed by atoms with van der Waals surface area (Å²) in [5.74, 6) is 1.45. The first-order valence-corrected chi connectivity index (χ1v) is 8.79. The average molecular weight is 346 g/mol. The Morgan fingerprint density at radius 3 is 2.76 bits per heavy atom. The number of aromatic carboxylic acids is 1. The van der Waals surface area contributed by atoms with Crippen LogP contribution in [-0.4, -0.2) is 23.8 Å². The number of carboxylic acid groups (broad SMARTS) is 1. The molecule has 0 aromatic heterocycles. The molecule has 0 N–H and O–H groups in total. The molecule has 0 spiro atoms. The second-order valence-corrected chi connectivity index (χ2v) is 7.35. The Morgan fingerprint density at radius 2 is 2.00 bits per heavy atom. The normalized spacial score (nSPS) is 32.6.